The summed E-state index contributed by atoms with van der Waals surface area (Å²) in [6, 6.07) is 0. The number of ether oxygens (including phenoxy) is 1. The zero-order chi connectivity index (χ0) is 23.0. The van der Waals surface area contributed by atoms with Gasteiger partial charge in [0.2, 0.25) is 8.03 Å². The summed E-state index contributed by atoms with van der Waals surface area (Å²) in [7, 11) is -2.82. The number of hydrogen-bond donors (Lipinski definition) is 4. The summed E-state index contributed by atoms with van der Waals surface area (Å²) in [5, 5.41) is 30.4. The van der Waals surface area contributed by atoms with Crippen LogP contribution < -0.4 is 5.56 Å². The van der Waals surface area contributed by atoms with E-state index in [1.165, 1.54) is 17.2 Å². The fraction of sp³-hybridized carbons (Fsp3) is 0.737. The third kappa shape index (κ3) is 4.48. The molecule has 12 heteroatoms. The second-order valence-electron chi connectivity index (χ2n) is 8.24. The molecule has 4 N–H and O–H groups in total. The lowest BCUT2D eigenvalue weighted by molar-refractivity contribution is -0.0644. The Hall–Kier alpha value is -1.62. The van der Waals surface area contributed by atoms with Gasteiger partial charge in [-0.2, -0.15) is 0 Å². The van der Waals surface area contributed by atoms with Crippen LogP contribution in [0, 0.1) is 0 Å². The van der Waals surface area contributed by atoms with E-state index in [0.29, 0.717) is 19.3 Å². The molecule has 3 rings (SSSR count). The highest BCUT2D eigenvalue weighted by Gasteiger charge is 2.48. The molecule has 0 radical (unpaired) electrons. The van der Waals surface area contributed by atoms with Gasteiger partial charge in [-0.3, -0.25) is 13.9 Å². The topological polar surface area (TPSA) is 160 Å². The minimum absolute atomic E-state index is 0.0926. The van der Waals surface area contributed by atoms with E-state index in [4.69, 9.17) is 9.26 Å². The third-order valence-electron chi connectivity index (χ3n) is 6.25. The first-order chi connectivity index (χ1) is 14.6. The van der Waals surface area contributed by atoms with Gasteiger partial charge in [-0.05, 0) is 26.2 Å². The third-order valence-corrected chi connectivity index (χ3v) is 8.39. The Bertz CT molecular complexity index is 991. The van der Waals surface area contributed by atoms with Gasteiger partial charge >= 0.3 is 0 Å². The summed E-state index contributed by atoms with van der Waals surface area (Å²) in [4.78, 5) is 22.4. The molecule has 0 aliphatic carbocycles. The molecular formula is C19H31N4O7P. The molecule has 0 bridgehead atoms. The average molecular weight is 458 g/mol. The van der Waals surface area contributed by atoms with Crippen LogP contribution in [0.4, 0.5) is 0 Å². The van der Waals surface area contributed by atoms with E-state index < -0.39 is 49.1 Å². The lowest BCUT2D eigenvalue weighted by Gasteiger charge is -2.35. The zero-order valence-corrected chi connectivity index (χ0v) is 19.1. The number of fused-ring (bicyclic) bond motifs is 1. The molecular weight excluding hydrogens is 427 g/mol. The van der Waals surface area contributed by atoms with Crippen molar-refractivity contribution in [2.45, 2.75) is 88.9 Å². The monoisotopic (exact) mass is 458 g/mol. The second-order valence-corrected chi connectivity index (χ2v) is 9.95. The standard InChI is InChI=1S/C19H31N4O7P/c1-5-18(4,30-31(28)19(27,6-2)7-3)8-11-13(24)14(25)17(29-11)23-10-22-12-15(23)20-9-21-16(12)26/h9-11,13-14,17,24-25,27,31H,5-8H2,1-4H3,(H,20,21,26)/t11-,13?,14-,17?,18+/m1/s1. The molecule has 1 aliphatic rings. The van der Waals surface area contributed by atoms with E-state index in [0.717, 1.165) is 0 Å². The molecule has 11 nitrogen and oxygen atoms in total. The predicted molar refractivity (Wildman–Crippen MR) is 113 cm³/mol. The molecule has 3 heterocycles. The summed E-state index contributed by atoms with van der Waals surface area (Å²) in [6.07, 6.45) is -0.676. The SMILES string of the molecule is CCC(O)(CC)[PH](=O)O[C@@](C)(CC)C[C@H]1OC(n2cnc3c(=O)[nH]cnc32)[C@H](O)C1O. The van der Waals surface area contributed by atoms with Crippen molar-refractivity contribution in [2.24, 2.45) is 0 Å². The maximum Gasteiger partial charge on any atom is 0.278 e. The van der Waals surface area contributed by atoms with E-state index in [2.05, 4.69) is 15.0 Å². The number of rotatable bonds is 9. The molecule has 6 atom stereocenters. The van der Waals surface area contributed by atoms with Crippen LogP contribution >= 0.6 is 8.03 Å². The molecule has 0 aromatic carbocycles. The Kier molecular flexibility index (Phi) is 7.05. The van der Waals surface area contributed by atoms with Crippen molar-refractivity contribution in [1.29, 1.82) is 0 Å². The summed E-state index contributed by atoms with van der Waals surface area (Å²) in [6.45, 7) is 7.09. The molecule has 31 heavy (non-hydrogen) atoms. The van der Waals surface area contributed by atoms with E-state index in [1.807, 2.05) is 6.92 Å². The number of hydrogen-bond acceptors (Lipinski definition) is 9. The van der Waals surface area contributed by atoms with Gasteiger partial charge in [-0.1, -0.05) is 20.8 Å². The van der Waals surface area contributed by atoms with Crippen LogP contribution in [0.25, 0.3) is 11.2 Å². The summed E-state index contributed by atoms with van der Waals surface area (Å²) in [5.41, 5.74) is -1.07. The minimum atomic E-state index is -2.82. The maximum absolute atomic E-state index is 12.8. The highest BCUT2D eigenvalue weighted by atomic mass is 31.1. The summed E-state index contributed by atoms with van der Waals surface area (Å²) < 4.78 is 25.9. The van der Waals surface area contributed by atoms with Crippen molar-refractivity contribution in [1.82, 2.24) is 19.5 Å². The van der Waals surface area contributed by atoms with Crippen LogP contribution in [-0.2, 0) is 13.8 Å². The van der Waals surface area contributed by atoms with E-state index in [1.54, 1.807) is 20.8 Å². The Morgan fingerprint density at radius 3 is 2.52 bits per heavy atom. The van der Waals surface area contributed by atoms with Crippen molar-refractivity contribution in [3.8, 4) is 0 Å². The molecule has 3 unspecified atom stereocenters. The molecule has 0 spiro atoms. The first kappa shape index (κ1) is 24.0. The first-order valence-corrected chi connectivity index (χ1v) is 11.8. The number of aromatic amines is 1. The van der Waals surface area contributed by atoms with Gasteiger partial charge in [0.05, 0.1) is 24.4 Å². The molecule has 2 aromatic rings. The van der Waals surface area contributed by atoms with E-state index in [-0.39, 0.29) is 17.6 Å². The molecule has 1 saturated heterocycles. The van der Waals surface area contributed by atoms with Gasteiger partial charge in [-0.25, -0.2) is 9.97 Å². The largest absolute Gasteiger partial charge is 0.388 e. The summed E-state index contributed by atoms with van der Waals surface area (Å²) >= 11 is 0. The molecule has 2 aromatic heterocycles. The number of nitrogens with one attached hydrogen (secondary N) is 1. The predicted octanol–water partition coefficient (Wildman–Crippen LogP) is 1.30. The fourth-order valence-electron chi connectivity index (χ4n) is 3.72. The van der Waals surface area contributed by atoms with Gasteiger partial charge in [0.25, 0.3) is 5.56 Å². The highest BCUT2D eigenvalue weighted by molar-refractivity contribution is 7.40. The van der Waals surface area contributed by atoms with Crippen LogP contribution in [0.1, 0.15) is 59.6 Å². The quantitative estimate of drug-likeness (QED) is 0.406. The fourth-order valence-corrected chi connectivity index (χ4v) is 5.16. The number of nitrogens with zero attached hydrogens (tertiary/aromatic N) is 3. The van der Waals surface area contributed by atoms with Crippen molar-refractivity contribution in [3.63, 3.8) is 0 Å². The Morgan fingerprint density at radius 2 is 1.90 bits per heavy atom. The normalized spacial score (nSPS) is 27.5. The Morgan fingerprint density at radius 1 is 1.23 bits per heavy atom. The Balaban J connectivity index is 1.81. The molecule has 1 fully saturated rings. The van der Waals surface area contributed by atoms with Crippen molar-refractivity contribution >= 4 is 19.2 Å². The molecule has 0 saturated carbocycles. The van der Waals surface area contributed by atoms with Gasteiger partial charge in [0.15, 0.2) is 17.4 Å². The van der Waals surface area contributed by atoms with Gasteiger partial charge in [-0.15, -0.1) is 0 Å². The van der Waals surface area contributed by atoms with Crippen molar-refractivity contribution in [2.75, 3.05) is 0 Å². The Labute approximate surface area is 180 Å². The van der Waals surface area contributed by atoms with Crippen molar-refractivity contribution < 1.29 is 29.1 Å². The smallest absolute Gasteiger partial charge is 0.278 e. The number of aliphatic hydroxyl groups excluding tert-OH is 2. The first-order valence-electron chi connectivity index (χ1n) is 10.5. The van der Waals surface area contributed by atoms with Crippen molar-refractivity contribution in [3.05, 3.63) is 23.0 Å². The van der Waals surface area contributed by atoms with Gasteiger partial charge in [0.1, 0.15) is 17.6 Å². The minimum Gasteiger partial charge on any atom is -0.388 e. The van der Waals surface area contributed by atoms with Crippen LogP contribution in [0.15, 0.2) is 17.4 Å². The molecule has 174 valence electrons. The van der Waals surface area contributed by atoms with Crippen LogP contribution in [0.5, 0.6) is 0 Å². The highest BCUT2D eigenvalue weighted by Crippen LogP contribution is 2.48. The number of aliphatic hydroxyl groups is 3. The second kappa shape index (κ2) is 9.09. The van der Waals surface area contributed by atoms with Crippen LogP contribution in [0.3, 0.4) is 0 Å². The van der Waals surface area contributed by atoms with Crippen LogP contribution in [0.2, 0.25) is 0 Å². The average Bonchev–Trinajstić information content (AvgIpc) is 3.30. The molecule has 1 aliphatic heterocycles. The number of H-pyrrole nitrogens is 1. The molecule has 0 amide bonds. The van der Waals surface area contributed by atoms with E-state index >= 15 is 0 Å². The lowest BCUT2D eigenvalue weighted by atomic mass is 9.93. The van der Waals surface area contributed by atoms with Gasteiger partial charge in [0, 0.05) is 6.42 Å². The zero-order valence-electron chi connectivity index (χ0n) is 18.1. The van der Waals surface area contributed by atoms with Gasteiger partial charge < -0.3 is 29.6 Å². The maximum atomic E-state index is 12.8. The van der Waals surface area contributed by atoms with E-state index in [9.17, 15) is 24.7 Å². The number of imidazole rings is 1. The summed E-state index contributed by atoms with van der Waals surface area (Å²) in [5.74, 6) is 0. The number of aromatic nitrogens is 4. The van der Waals surface area contributed by atoms with Crippen LogP contribution in [-0.4, -0.2) is 64.1 Å². The lowest BCUT2D eigenvalue weighted by Crippen LogP contribution is -2.39.